The van der Waals surface area contributed by atoms with Crippen molar-refractivity contribution in [3.05, 3.63) is 42.5 Å². The van der Waals surface area contributed by atoms with Crippen LogP contribution in [0.2, 0.25) is 0 Å². The molecule has 0 bridgehead atoms. The third-order valence-corrected chi connectivity index (χ3v) is 2.90. The highest BCUT2D eigenvalue weighted by molar-refractivity contribution is 7.85. The number of methoxy groups -OCH3 is 1. The van der Waals surface area contributed by atoms with Crippen molar-refractivity contribution in [2.75, 3.05) is 7.11 Å². The first-order chi connectivity index (χ1) is 7.00. The molecule has 0 aliphatic heterocycles. The third kappa shape index (κ3) is 2.65. The van der Waals surface area contributed by atoms with E-state index < -0.39 is 16.2 Å². The van der Waals surface area contributed by atoms with Crippen molar-refractivity contribution >= 4 is 10.1 Å². The number of hydrogen-bond acceptors (Lipinski definition) is 3. The molecule has 0 aliphatic carbocycles. The first-order valence-corrected chi connectivity index (χ1v) is 5.66. The Balaban J connectivity index is 3.35. The lowest BCUT2D eigenvalue weighted by atomic mass is 10.1. The molecule has 1 atom stereocenters. The van der Waals surface area contributed by atoms with Gasteiger partial charge >= 0.3 is 0 Å². The molecule has 0 aromatic heterocycles. The van der Waals surface area contributed by atoms with Gasteiger partial charge in [-0.1, -0.05) is 24.3 Å². The number of rotatable bonds is 4. The Morgan fingerprint density at radius 1 is 1.47 bits per heavy atom. The van der Waals surface area contributed by atoms with Crippen LogP contribution in [0.15, 0.2) is 41.8 Å². The van der Waals surface area contributed by atoms with Crippen LogP contribution in [0.25, 0.3) is 0 Å². The predicted octanol–water partition coefficient (Wildman–Crippen LogP) is 1.81. The van der Waals surface area contributed by atoms with Gasteiger partial charge < -0.3 is 4.74 Å². The molecule has 0 fully saturated rings. The van der Waals surface area contributed by atoms with E-state index in [-0.39, 0.29) is 4.90 Å². The van der Waals surface area contributed by atoms with Crippen LogP contribution in [0.5, 0.6) is 0 Å². The van der Waals surface area contributed by atoms with Gasteiger partial charge in [0, 0.05) is 12.7 Å². The molecule has 0 aliphatic rings. The monoisotopic (exact) mass is 228 g/mol. The van der Waals surface area contributed by atoms with E-state index >= 15 is 0 Å². The largest absolute Gasteiger partial charge is 0.373 e. The second kappa shape index (κ2) is 4.57. The minimum atomic E-state index is -4.23. The number of hydrogen-bond donors (Lipinski definition) is 1. The highest BCUT2D eigenvalue weighted by atomic mass is 32.2. The smallest absolute Gasteiger partial charge is 0.294 e. The molecule has 1 unspecified atom stereocenters. The van der Waals surface area contributed by atoms with Gasteiger partial charge in [0.15, 0.2) is 0 Å². The van der Waals surface area contributed by atoms with E-state index in [0.29, 0.717) is 5.56 Å². The van der Waals surface area contributed by atoms with Crippen LogP contribution < -0.4 is 0 Å². The van der Waals surface area contributed by atoms with E-state index in [1.54, 1.807) is 12.1 Å². The summed E-state index contributed by atoms with van der Waals surface area (Å²) < 4.78 is 36.1. The lowest BCUT2D eigenvalue weighted by Crippen LogP contribution is -2.07. The van der Waals surface area contributed by atoms with Crippen molar-refractivity contribution in [1.82, 2.24) is 0 Å². The lowest BCUT2D eigenvalue weighted by Gasteiger charge is -2.13. The summed E-state index contributed by atoms with van der Waals surface area (Å²) in [7, 11) is -2.79. The molecule has 0 saturated heterocycles. The summed E-state index contributed by atoms with van der Waals surface area (Å²) >= 11 is 0. The Labute approximate surface area is 88.9 Å². The Bertz CT molecular complexity index is 450. The van der Waals surface area contributed by atoms with Crippen molar-refractivity contribution in [3.8, 4) is 0 Å². The van der Waals surface area contributed by atoms with Crippen LogP contribution in [-0.2, 0) is 14.9 Å². The van der Waals surface area contributed by atoms with Gasteiger partial charge in [0.1, 0.15) is 6.10 Å². The molecular formula is C10H12O4S. The van der Waals surface area contributed by atoms with Crippen LogP contribution in [-0.4, -0.2) is 20.1 Å². The predicted molar refractivity (Wildman–Crippen MR) is 56.2 cm³/mol. The van der Waals surface area contributed by atoms with Crippen molar-refractivity contribution in [3.63, 3.8) is 0 Å². The minimum absolute atomic E-state index is 0.156. The van der Waals surface area contributed by atoms with E-state index in [1.165, 1.54) is 25.3 Å². The molecule has 0 spiro atoms. The van der Waals surface area contributed by atoms with Crippen molar-refractivity contribution < 1.29 is 17.7 Å². The van der Waals surface area contributed by atoms with Crippen LogP contribution in [0.1, 0.15) is 11.7 Å². The SMILES string of the molecule is C=CC(OC)c1ccccc1S(=O)(=O)O. The van der Waals surface area contributed by atoms with Gasteiger partial charge in [-0.3, -0.25) is 4.55 Å². The summed E-state index contributed by atoms with van der Waals surface area (Å²) in [5, 5.41) is 0. The molecule has 1 aromatic carbocycles. The third-order valence-electron chi connectivity index (χ3n) is 1.97. The molecule has 5 heteroatoms. The molecule has 82 valence electrons. The van der Waals surface area contributed by atoms with Crippen molar-refractivity contribution in [2.24, 2.45) is 0 Å². The maximum absolute atomic E-state index is 11.1. The van der Waals surface area contributed by atoms with E-state index in [1.807, 2.05) is 0 Å². The molecule has 0 amide bonds. The Kier molecular flexibility index (Phi) is 3.62. The van der Waals surface area contributed by atoms with E-state index in [4.69, 9.17) is 9.29 Å². The van der Waals surface area contributed by atoms with Crippen LogP contribution in [0.4, 0.5) is 0 Å². The summed E-state index contributed by atoms with van der Waals surface area (Å²) in [4.78, 5) is -0.156. The van der Waals surface area contributed by atoms with Crippen molar-refractivity contribution in [1.29, 1.82) is 0 Å². The normalized spacial score (nSPS) is 13.5. The molecule has 4 nitrogen and oxygen atoms in total. The molecule has 1 rings (SSSR count). The van der Waals surface area contributed by atoms with Gasteiger partial charge in [-0.15, -0.1) is 6.58 Å². The molecule has 0 heterocycles. The fourth-order valence-electron chi connectivity index (χ4n) is 1.30. The molecule has 1 aromatic rings. The van der Waals surface area contributed by atoms with E-state index in [2.05, 4.69) is 6.58 Å². The minimum Gasteiger partial charge on any atom is -0.373 e. The van der Waals surface area contributed by atoms with Gasteiger partial charge in [0.25, 0.3) is 10.1 Å². The number of ether oxygens (including phenoxy) is 1. The molecule has 0 saturated carbocycles. The van der Waals surface area contributed by atoms with Crippen LogP contribution in [0.3, 0.4) is 0 Å². The first kappa shape index (κ1) is 11.9. The molecular weight excluding hydrogens is 216 g/mol. The molecule has 0 radical (unpaired) electrons. The Morgan fingerprint density at radius 2 is 2.07 bits per heavy atom. The van der Waals surface area contributed by atoms with Gasteiger partial charge in [0.05, 0.1) is 4.90 Å². The second-order valence-electron chi connectivity index (χ2n) is 2.90. The zero-order chi connectivity index (χ0) is 11.5. The Morgan fingerprint density at radius 3 is 2.53 bits per heavy atom. The zero-order valence-electron chi connectivity index (χ0n) is 8.25. The fraction of sp³-hybridized carbons (Fsp3) is 0.200. The maximum atomic E-state index is 11.1. The van der Waals surface area contributed by atoms with Gasteiger partial charge in [-0.25, -0.2) is 0 Å². The van der Waals surface area contributed by atoms with Crippen LogP contribution >= 0.6 is 0 Å². The van der Waals surface area contributed by atoms with E-state index in [9.17, 15) is 8.42 Å². The molecule has 15 heavy (non-hydrogen) atoms. The average molecular weight is 228 g/mol. The summed E-state index contributed by atoms with van der Waals surface area (Å²) in [5.74, 6) is 0. The van der Waals surface area contributed by atoms with E-state index in [0.717, 1.165) is 0 Å². The second-order valence-corrected chi connectivity index (χ2v) is 4.29. The standard InChI is InChI=1S/C10H12O4S/c1-3-9(14-2)8-6-4-5-7-10(8)15(11,12)13/h3-7,9H,1H2,2H3,(H,11,12,13). The highest BCUT2D eigenvalue weighted by Crippen LogP contribution is 2.24. The quantitative estimate of drug-likeness (QED) is 0.630. The summed E-state index contributed by atoms with van der Waals surface area (Å²) in [5.41, 5.74) is 0.373. The highest BCUT2D eigenvalue weighted by Gasteiger charge is 2.19. The average Bonchev–Trinajstić information content (AvgIpc) is 2.19. The van der Waals surface area contributed by atoms with Gasteiger partial charge in [-0.2, -0.15) is 8.42 Å². The van der Waals surface area contributed by atoms with Gasteiger partial charge in [0.2, 0.25) is 0 Å². The summed E-state index contributed by atoms with van der Waals surface area (Å²) in [6, 6.07) is 6.08. The topological polar surface area (TPSA) is 63.6 Å². The molecule has 1 N–H and O–H groups in total. The first-order valence-electron chi connectivity index (χ1n) is 4.22. The maximum Gasteiger partial charge on any atom is 0.294 e. The lowest BCUT2D eigenvalue weighted by molar-refractivity contribution is 0.140. The van der Waals surface area contributed by atoms with Crippen LogP contribution in [0, 0.1) is 0 Å². The van der Waals surface area contributed by atoms with Gasteiger partial charge in [-0.05, 0) is 6.07 Å². The summed E-state index contributed by atoms with van der Waals surface area (Å²) in [6.07, 6.45) is 0.910. The summed E-state index contributed by atoms with van der Waals surface area (Å²) in [6.45, 7) is 3.53. The fourth-order valence-corrected chi connectivity index (χ4v) is 2.03. The van der Waals surface area contributed by atoms with Crippen molar-refractivity contribution in [2.45, 2.75) is 11.0 Å². The zero-order valence-corrected chi connectivity index (χ0v) is 9.07. The number of benzene rings is 1. The Hall–Kier alpha value is -1.17.